The zero-order valence-electron chi connectivity index (χ0n) is 13.3. The van der Waals surface area contributed by atoms with Gasteiger partial charge < -0.3 is 4.90 Å². The van der Waals surface area contributed by atoms with Crippen molar-refractivity contribution >= 4 is 43.5 Å². The van der Waals surface area contributed by atoms with Crippen LogP contribution in [0.1, 0.15) is 12.0 Å². The second kappa shape index (κ2) is 7.51. The number of nitrogens with zero attached hydrogens (tertiary/aromatic N) is 2. The van der Waals surface area contributed by atoms with Crippen LogP contribution in [0.25, 0.3) is 5.57 Å². The number of hydrogen-bond acceptors (Lipinski definition) is 4. The Balaban J connectivity index is 1.62. The number of halogens is 1. The summed E-state index contributed by atoms with van der Waals surface area (Å²) >= 11 is 3.48. The summed E-state index contributed by atoms with van der Waals surface area (Å²) in [5, 5.41) is 0. The molecule has 0 saturated heterocycles. The first-order valence-electron chi connectivity index (χ1n) is 7.74. The van der Waals surface area contributed by atoms with Crippen LogP contribution in [0.3, 0.4) is 0 Å². The number of rotatable bonds is 5. The van der Waals surface area contributed by atoms with Crippen molar-refractivity contribution in [2.45, 2.75) is 6.42 Å². The van der Waals surface area contributed by atoms with Crippen molar-refractivity contribution in [3.8, 4) is 0 Å². The van der Waals surface area contributed by atoms with E-state index in [4.69, 9.17) is 4.55 Å². The number of fused-ring (bicyclic) bond motifs is 1. The molecule has 1 N–H and O–H groups in total. The summed E-state index contributed by atoms with van der Waals surface area (Å²) in [6, 6.07) is 6.01. The summed E-state index contributed by atoms with van der Waals surface area (Å²) in [5.74, 6) is -0.228. The molecule has 2 aliphatic heterocycles. The highest BCUT2D eigenvalue weighted by molar-refractivity contribution is 9.10. The molecule has 7 heteroatoms. The molecule has 130 valence electrons. The Hall–Kier alpha value is -1.96. The van der Waals surface area contributed by atoms with E-state index in [0.717, 1.165) is 26.9 Å². The van der Waals surface area contributed by atoms with Crippen LogP contribution in [-0.4, -0.2) is 36.4 Å². The Labute approximate surface area is 155 Å². The van der Waals surface area contributed by atoms with Gasteiger partial charge in [-0.25, -0.2) is 0 Å². The molecule has 0 aromatic heterocycles. The van der Waals surface area contributed by atoms with Crippen molar-refractivity contribution in [2.24, 2.45) is 4.99 Å². The monoisotopic (exact) mass is 420 g/mol. The Morgan fingerprint density at radius 2 is 1.96 bits per heavy atom. The Kier molecular flexibility index (Phi) is 5.36. The number of aliphatic imine (C=N–C) groups is 1. The second-order valence-corrected chi connectivity index (χ2v) is 8.20. The number of hydrogen-bond donors (Lipinski definition) is 1. The summed E-state index contributed by atoms with van der Waals surface area (Å²) in [6.07, 6.45) is 14.0. The molecule has 2 aliphatic rings. The lowest BCUT2D eigenvalue weighted by Crippen LogP contribution is -2.16. The highest BCUT2D eigenvalue weighted by atomic mass is 79.9. The minimum Gasteiger partial charge on any atom is -0.354 e. The molecule has 0 spiro atoms. The van der Waals surface area contributed by atoms with E-state index in [2.05, 4.69) is 27.0 Å². The summed E-state index contributed by atoms with van der Waals surface area (Å²) in [4.78, 5) is 6.28. The van der Waals surface area contributed by atoms with Crippen molar-refractivity contribution in [2.75, 3.05) is 12.3 Å². The largest absolute Gasteiger partial charge is 0.354 e. The molecule has 2 heterocycles. The standard InChI is InChI=1S/C18H17BrN2O3S/c19-16-4-5-18-17(12-16)15(13-20-18)3-2-14-6-9-21(10-7-14)8-1-11-25(22,23)24/h2-7,9-10,12-13H,1,8,11H2,(H,22,23,24)/b15-3-. The molecule has 3 rings (SSSR count). The third-order valence-corrected chi connectivity index (χ3v) is 5.10. The van der Waals surface area contributed by atoms with Gasteiger partial charge in [0.1, 0.15) is 0 Å². The van der Waals surface area contributed by atoms with Crippen LogP contribution in [0, 0.1) is 0 Å². The van der Waals surface area contributed by atoms with Gasteiger partial charge in [-0.1, -0.05) is 28.1 Å². The van der Waals surface area contributed by atoms with Gasteiger partial charge in [0.25, 0.3) is 10.1 Å². The van der Waals surface area contributed by atoms with Crippen LogP contribution in [0.5, 0.6) is 0 Å². The second-order valence-electron chi connectivity index (χ2n) is 5.72. The fraction of sp³-hybridized carbons (Fsp3) is 0.167. The van der Waals surface area contributed by atoms with E-state index in [-0.39, 0.29) is 5.75 Å². The van der Waals surface area contributed by atoms with Crippen LogP contribution < -0.4 is 0 Å². The van der Waals surface area contributed by atoms with E-state index in [1.807, 2.05) is 60.0 Å². The van der Waals surface area contributed by atoms with Gasteiger partial charge in [0.05, 0.1) is 11.4 Å². The van der Waals surface area contributed by atoms with E-state index >= 15 is 0 Å². The van der Waals surface area contributed by atoms with E-state index in [9.17, 15) is 8.42 Å². The first-order chi connectivity index (χ1) is 11.9. The maximum Gasteiger partial charge on any atom is 0.264 e. The van der Waals surface area contributed by atoms with Crippen LogP contribution in [0.4, 0.5) is 5.69 Å². The highest BCUT2D eigenvalue weighted by Crippen LogP contribution is 2.33. The average Bonchev–Trinajstić information content (AvgIpc) is 2.95. The van der Waals surface area contributed by atoms with E-state index in [0.29, 0.717) is 13.0 Å². The predicted octanol–water partition coefficient (Wildman–Crippen LogP) is 4.10. The molecule has 0 bridgehead atoms. The van der Waals surface area contributed by atoms with Crippen molar-refractivity contribution in [1.29, 1.82) is 0 Å². The molecule has 0 aliphatic carbocycles. The predicted molar refractivity (Wildman–Crippen MR) is 104 cm³/mol. The summed E-state index contributed by atoms with van der Waals surface area (Å²) < 4.78 is 31.2. The SMILES string of the molecule is O=S(=O)(O)CCCN1C=CC(=C/C=C2/C=Nc3ccc(Br)cc32)C=C1. The van der Waals surface area contributed by atoms with Crippen molar-refractivity contribution in [1.82, 2.24) is 4.90 Å². The molecule has 5 nitrogen and oxygen atoms in total. The fourth-order valence-corrected chi connectivity index (χ4v) is 3.39. The first-order valence-corrected chi connectivity index (χ1v) is 10.1. The topological polar surface area (TPSA) is 70.0 Å². The highest BCUT2D eigenvalue weighted by Gasteiger charge is 2.11. The zero-order valence-corrected chi connectivity index (χ0v) is 15.7. The maximum absolute atomic E-state index is 10.7. The Morgan fingerprint density at radius 3 is 2.68 bits per heavy atom. The van der Waals surface area contributed by atoms with Crippen molar-refractivity contribution in [3.63, 3.8) is 0 Å². The Morgan fingerprint density at radius 1 is 1.20 bits per heavy atom. The van der Waals surface area contributed by atoms with Crippen LogP contribution >= 0.6 is 15.9 Å². The Bertz CT molecular complexity index is 912. The molecule has 0 amide bonds. The molecule has 25 heavy (non-hydrogen) atoms. The molecule has 0 fully saturated rings. The van der Waals surface area contributed by atoms with Gasteiger partial charge in [-0.3, -0.25) is 9.55 Å². The van der Waals surface area contributed by atoms with Crippen molar-refractivity contribution < 1.29 is 13.0 Å². The molecule has 1 aromatic rings. The van der Waals surface area contributed by atoms with Gasteiger partial charge >= 0.3 is 0 Å². The van der Waals surface area contributed by atoms with E-state index in [1.165, 1.54) is 0 Å². The molecular weight excluding hydrogens is 404 g/mol. The lowest BCUT2D eigenvalue weighted by Gasteiger charge is -2.18. The lowest BCUT2D eigenvalue weighted by molar-refractivity contribution is 0.464. The molecule has 1 aromatic carbocycles. The van der Waals surface area contributed by atoms with E-state index in [1.54, 1.807) is 0 Å². The average molecular weight is 421 g/mol. The summed E-state index contributed by atoms with van der Waals surface area (Å²) in [7, 11) is -3.89. The van der Waals surface area contributed by atoms with Gasteiger partial charge in [0.2, 0.25) is 0 Å². The first kappa shape index (κ1) is 17.8. The summed E-state index contributed by atoms with van der Waals surface area (Å²) in [6.45, 7) is 0.537. The molecule has 0 saturated carbocycles. The minimum absolute atomic E-state index is 0.228. The zero-order chi connectivity index (χ0) is 17.9. The van der Waals surface area contributed by atoms with Crippen LogP contribution in [-0.2, 0) is 10.1 Å². The maximum atomic E-state index is 10.7. The van der Waals surface area contributed by atoms with Crippen molar-refractivity contribution in [3.05, 3.63) is 70.5 Å². The quantitative estimate of drug-likeness (QED) is 0.727. The lowest BCUT2D eigenvalue weighted by atomic mass is 10.1. The van der Waals surface area contributed by atoms with Crippen LogP contribution in [0.2, 0.25) is 0 Å². The minimum atomic E-state index is -3.89. The van der Waals surface area contributed by atoms with Gasteiger partial charge in [-0.15, -0.1) is 0 Å². The summed E-state index contributed by atoms with van der Waals surface area (Å²) in [5.41, 5.74) is 4.16. The number of allylic oxidation sites excluding steroid dienone is 6. The molecule has 0 unspecified atom stereocenters. The third kappa shape index (κ3) is 5.01. The van der Waals surface area contributed by atoms with Gasteiger partial charge in [0.15, 0.2) is 0 Å². The normalized spacial score (nSPS) is 17.4. The number of benzene rings is 1. The molecule has 0 atom stereocenters. The van der Waals surface area contributed by atoms with E-state index < -0.39 is 10.1 Å². The molecule has 0 radical (unpaired) electrons. The van der Waals surface area contributed by atoms with Gasteiger partial charge in [-0.05, 0) is 42.3 Å². The molecular formula is C18H17BrN2O3S. The third-order valence-electron chi connectivity index (χ3n) is 3.80. The van der Waals surface area contributed by atoms with Crippen LogP contribution in [0.15, 0.2) is 69.9 Å². The van der Waals surface area contributed by atoms with Gasteiger partial charge in [0, 0.05) is 40.8 Å². The fourth-order valence-electron chi connectivity index (χ4n) is 2.54. The smallest absolute Gasteiger partial charge is 0.264 e. The van der Waals surface area contributed by atoms with Gasteiger partial charge in [-0.2, -0.15) is 8.42 Å².